The molecule has 1 unspecified atom stereocenters. The first-order valence-corrected chi connectivity index (χ1v) is 5.73. The molecule has 5 heteroatoms. The summed E-state index contributed by atoms with van der Waals surface area (Å²) < 4.78 is 12.7. The molecular formula is C13H17FN2O2. The smallest absolute Gasteiger partial charge is 0.251 e. The quantitative estimate of drug-likeness (QED) is 0.849. The number of hydrogen-bond donors (Lipinski definition) is 2. The van der Waals surface area contributed by atoms with E-state index in [4.69, 9.17) is 0 Å². The van der Waals surface area contributed by atoms with E-state index in [0.717, 1.165) is 0 Å². The number of nitrogens with one attached hydrogen (secondary N) is 2. The number of halogens is 1. The molecule has 0 fully saturated rings. The van der Waals surface area contributed by atoms with Crippen LogP contribution in [0.4, 0.5) is 4.39 Å². The fourth-order valence-corrected chi connectivity index (χ4v) is 1.52. The van der Waals surface area contributed by atoms with Crippen LogP contribution in [0.15, 0.2) is 24.3 Å². The van der Waals surface area contributed by atoms with Crippen LogP contribution < -0.4 is 10.6 Å². The lowest BCUT2D eigenvalue weighted by Gasteiger charge is -2.20. The van der Waals surface area contributed by atoms with Crippen molar-refractivity contribution in [1.82, 2.24) is 10.6 Å². The lowest BCUT2D eigenvalue weighted by Crippen LogP contribution is -2.48. The first-order valence-electron chi connectivity index (χ1n) is 5.73. The van der Waals surface area contributed by atoms with Crippen molar-refractivity contribution in [3.63, 3.8) is 0 Å². The van der Waals surface area contributed by atoms with Gasteiger partial charge in [0.25, 0.3) is 5.91 Å². The van der Waals surface area contributed by atoms with Crippen molar-refractivity contribution in [2.75, 3.05) is 7.05 Å². The molecule has 0 saturated carbocycles. The normalized spacial score (nSPS) is 12.1. The first kappa shape index (κ1) is 14.2. The van der Waals surface area contributed by atoms with Gasteiger partial charge < -0.3 is 10.6 Å². The highest BCUT2D eigenvalue weighted by atomic mass is 19.1. The van der Waals surface area contributed by atoms with Gasteiger partial charge in [0.2, 0.25) is 5.91 Å². The summed E-state index contributed by atoms with van der Waals surface area (Å²) >= 11 is 0. The predicted octanol–water partition coefficient (Wildman–Crippen LogP) is 1.33. The third kappa shape index (κ3) is 3.55. The summed E-state index contributed by atoms with van der Waals surface area (Å²) in [5.41, 5.74) is 0.325. The summed E-state index contributed by atoms with van der Waals surface area (Å²) in [5, 5.41) is 5.13. The number of hydrogen-bond acceptors (Lipinski definition) is 2. The van der Waals surface area contributed by atoms with Crippen LogP contribution in [0.5, 0.6) is 0 Å². The molecule has 0 aliphatic heterocycles. The van der Waals surface area contributed by atoms with Gasteiger partial charge in [-0.2, -0.15) is 0 Å². The minimum atomic E-state index is -0.604. The molecule has 2 N–H and O–H groups in total. The van der Waals surface area contributed by atoms with E-state index in [1.807, 2.05) is 13.8 Å². The number of benzene rings is 1. The van der Waals surface area contributed by atoms with Crippen LogP contribution in [0.2, 0.25) is 0 Å². The average molecular weight is 252 g/mol. The van der Waals surface area contributed by atoms with Crippen molar-refractivity contribution >= 4 is 11.8 Å². The molecule has 0 saturated heterocycles. The van der Waals surface area contributed by atoms with E-state index in [9.17, 15) is 14.0 Å². The van der Waals surface area contributed by atoms with E-state index in [1.54, 1.807) is 0 Å². The Kier molecular flexibility index (Phi) is 4.83. The van der Waals surface area contributed by atoms with Crippen molar-refractivity contribution in [2.45, 2.75) is 19.9 Å². The molecule has 2 amide bonds. The Morgan fingerprint density at radius 1 is 1.17 bits per heavy atom. The number of carbonyl (C=O) groups is 2. The van der Waals surface area contributed by atoms with E-state index in [1.165, 1.54) is 31.3 Å². The second-order valence-corrected chi connectivity index (χ2v) is 4.32. The molecule has 18 heavy (non-hydrogen) atoms. The second kappa shape index (κ2) is 6.14. The number of carbonyl (C=O) groups excluding carboxylic acids is 2. The lowest BCUT2D eigenvalue weighted by molar-refractivity contribution is -0.123. The molecular weight excluding hydrogens is 235 g/mol. The Morgan fingerprint density at radius 2 is 1.72 bits per heavy atom. The Balaban J connectivity index is 2.78. The van der Waals surface area contributed by atoms with Gasteiger partial charge >= 0.3 is 0 Å². The van der Waals surface area contributed by atoms with Gasteiger partial charge in [-0.15, -0.1) is 0 Å². The Hall–Kier alpha value is -1.91. The van der Waals surface area contributed by atoms with E-state index < -0.39 is 17.8 Å². The molecule has 1 aromatic carbocycles. The third-order valence-electron chi connectivity index (χ3n) is 2.59. The van der Waals surface area contributed by atoms with Gasteiger partial charge in [-0.25, -0.2) is 4.39 Å². The zero-order valence-electron chi connectivity index (χ0n) is 10.7. The number of amides is 2. The van der Waals surface area contributed by atoms with Gasteiger partial charge in [-0.3, -0.25) is 9.59 Å². The van der Waals surface area contributed by atoms with Crippen LogP contribution in [-0.4, -0.2) is 24.9 Å². The summed E-state index contributed by atoms with van der Waals surface area (Å²) in [6, 6.07) is 4.57. The Morgan fingerprint density at radius 3 is 2.17 bits per heavy atom. The van der Waals surface area contributed by atoms with Gasteiger partial charge in [-0.1, -0.05) is 13.8 Å². The SMILES string of the molecule is CNC(=O)C(NC(=O)c1ccc(F)cc1)C(C)C. The van der Waals surface area contributed by atoms with Crippen LogP contribution in [0.1, 0.15) is 24.2 Å². The van der Waals surface area contributed by atoms with E-state index in [-0.39, 0.29) is 11.8 Å². The highest BCUT2D eigenvalue weighted by Gasteiger charge is 2.23. The molecule has 1 atom stereocenters. The van der Waals surface area contributed by atoms with Crippen molar-refractivity contribution < 1.29 is 14.0 Å². The maximum absolute atomic E-state index is 12.7. The average Bonchev–Trinajstić information content (AvgIpc) is 2.35. The lowest BCUT2D eigenvalue weighted by atomic mass is 10.0. The zero-order valence-corrected chi connectivity index (χ0v) is 10.7. The van der Waals surface area contributed by atoms with Gasteiger partial charge in [-0.05, 0) is 30.2 Å². The fourth-order valence-electron chi connectivity index (χ4n) is 1.52. The van der Waals surface area contributed by atoms with E-state index in [0.29, 0.717) is 5.56 Å². The Labute approximate surface area is 106 Å². The van der Waals surface area contributed by atoms with Gasteiger partial charge in [0.15, 0.2) is 0 Å². The molecule has 4 nitrogen and oxygen atoms in total. The topological polar surface area (TPSA) is 58.2 Å². The third-order valence-corrected chi connectivity index (χ3v) is 2.59. The van der Waals surface area contributed by atoms with Crippen LogP contribution in [-0.2, 0) is 4.79 Å². The minimum Gasteiger partial charge on any atom is -0.357 e. The molecule has 0 heterocycles. The maximum atomic E-state index is 12.7. The standard InChI is InChI=1S/C13H17FN2O2/c1-8(2)11(13(18)15-3)16-12(17)9-4-6-10(14)7-5-9/h4-8,11H,1-3H3,(H,15,18)(H,16,17). The molecule has 0 radical (unpaired) electrons. The molecule has 1 rings (SSSR count). The second-order valence-electron chi connectivity index (χ2n) is 4.32. The molecule has 0 spiro atoms. The molecule has 98 valence electrons. The van der Waals surface area contributed by atoms with Gasteiger partial charge in [0.05, 0.1) is 0 Å². The van der Waals surface area contributed by atoms with E-state index in [2.05, 4.69) is 10.6 Å². The van der Waals surface area contributed by atoms with Gasteiger partial charge in [0.1, 0.15) is 11.9 Å². The van der Waals surface area contributed by atoms with Crippen molar-refractivity contribution in [1.29, 1.82) is 0 Å². The predicted molar refractivity (Wildman–Crippen MR) is 66.6 cm³/mol. The van der Waals surface area contributed by atoms with Crippen LogP contribution in [0, 0.1) is 11.7 Å². The highest BCUT2D eigenvalue weighted by Crippen LogP contribution is 2.06. The van der Waals surface area contributed by atoms with Crippen LogP contribution in [0.25, 0.3) is 0 Å². The minimum absolute atomic E-state index is 0.0330. The molecule has 0 aliphatic rings. The monoisotopic (exact) mass is 252 g/mol. The van der Waals surface area contributed by atoms with Crippen molar-refractivity contribution in [3.8, 4) is 0 Å². The Bertz CT molecular complexity index is 429. The van der Waals surface area contributed by atoms with Crippen molar-refractivity contribution in [3.05, 3.63) is 35.6 Å². The summed E-state index contributed by atoms with van der Waals surface area (Å²) in [6.07, 6.45) is 0. The number of likely N-dealkylation sites (N-methyl/N-ethyl adjacent to an activating group) is 1. The first-order chi connectivity index (χ1) is 8.45. The summed E-state index contributed by atoms with van der Waals surface area (Å²) in [4.78, 5) is 23.5. The molecule has 1 aromatic rings. The molecule has 0 bridgehead atoms. The van der Waals surface area contributed by atoms with Crippen molar-refractivity contribution in [2.24, 2.45) is 5.92 Å². The zero-order chi connectivity index (χ0) is 13.7. The molecule has 0 aromatic heterocycles. The van der Waals surface area contributed by atoms with Crippen LogP contribution >= 0.6 is 0 Å². The summed E-state index contributed by atoms with van der Waals surface area (Å²) in [5.74, 6) is -1.08. The molecule has 0 aliphatic carbocycles. The summed E-state index contributed by atoms with van der Waals surface area (Å²) in [6.45, 7) is 3.68. The highest BCUT2D eigenvalue weighted by molar-refractivity contribution is 5.97. The fraction of sp³-hybridized carbons (Fsp3) is 0.385. The maximum Gasteiger partial charge on any atom is 0.251 e. The largest absolute Gasteiger partial charge is 0.357 e. The number of rotatable bonds is 4. The van der Waals surface area contributed by atoms with Crippen LogP contribution in [0.3, 0.4) is 0 Å². The van der Waals surface area contributed by atoms with E-state index >= 15 is 0 Å². The van der Waals surface area contributed by atoms with Gasteiger partial charge in [0, 0.05) is 12.6 Å². The summed E-state index contributed by atoms with van der Waals surface area (Å²) in [7, 11) is 1.52.